The summed E-state index contributed by atoms with van der Waals surface area (Å²) in [6.07, 6.45) is 0. The third-order valence-corrected chi connectivity index (χ3v) is 3.56. The minimum absolute atomic E-state index is 0.340. The van der Waals surface area contributed by atoms with Crippen molar-refractivity contribution in [1.82, 2.24) is 0 Å². The number of ether oxygens (including phenoxy) is 1. The molecule has 2 nitrogen and oxygen atoms in total. The molecule has 0 bridgehead atoms. The van der Waals surface area contributed by atoms with Gasteiger partial charge in [0.15, 0.2) is 0 Å². The van der Waals surface area contributed by atoms with Gasteiger partial charge in [0.25, 0.3) is 0 Å². The fourth-order valence-electron chi connectivity index (χ4n) is 1.60. The number of nitrogen functional groups attached to an aromatic ring is 1. The Hall–Kier alpha value is -1.38. The molecule has 0 aliphatic rings. The van der Waals surface area contributed by atoms with Gasteiger partial charge >= 0.3 is 0 Å². The Kier molecular flexibility index (Phi) is 4.00. The highest BCUT2D eigenvalue weighted by atomic mass is 35.5. The number of nitrogens with two attached hydrogens (primary N) is 1. The first kappa shape index (κ1) is 13.1. The van der Waals surface area contributed by atoms with Gasteiger partial charge in [-0.2, -0.15) is 0 Å². The molecule has 2 aromatic rings. The van der Waals surface area contributed by atoms with E-state index in [1.165, 1.54) is 0 Å². The summed E-state index contributed by atoms with van der Waals surface area (Å²) < 4.78 is 5.67. The number of anilines is 1. The summed E-state index contributed by atoms with van der Waals surface area (Å²) in [7, 11) is 0. The second-order valence-corrected chi connectivity index (χ2v) is 4.77. The van der Waals surface area contributed by atoms with Crippen molar-refractivity contribution in [3.63, 3.8) is 0 Å². The van der Waals surface area contributed by atoms with E-state index >= 15 is 0 Å². The predicted octanol–water partition coefficient (Wildman–Crippen LogP) is 4.46. The van der Waals surface area contributed by atoms with E-state index < -0.39 is 0 Å². The van der Waals surface area contributed by atoms with Crippen LogP contribution in [0.5, 0.6) is 5.75 Å². The van der Waals surface area contributed by atoms with E-state index in [0.29, 0.717) is 28.1 Å². The van der Waals surface area contributed by atoms with Crippen LogP contribution in [0.4, 0.5) is 5.69 Å². The summed E-state index contributed by atoms with van der Waals surface area (Å²) >= 11 is 12.0. The molecule has 0 amide bonds. The quantitative estimate of drug-likeness (QED) is 0.843. The van der Waals surface area contributed by atoms with E-state index in [1.54, 1.807) is 6.07 Å². The molecule has 94 valence electrons. The maximum atomic E-state index is 6.09. The summed E-state index contributed by atoms with van der Waals surface area (Å²) in [5.74, 6) is 0.658. The Bertz CT molecular complexity index is 518. The van der Waals surface area contributed by atoms with Gasteiger partial charge in [-0.1, -0.05) is 47.5 Å². The molecule has 0 atom stereocenters. The molecule has 2 rings (SSSR count). The molecule has 0 heterocycles. The molecule has 0 saturated heterocycles. The second kappa shape index (κ2) is 5.51. The normalized spacial score (nSPS) is 10.4. The topological polar surface area (TPSA) is 35.2 Å². The van der Waals surface area contributed by atoms with Gasteiger partial charge in [-0.25, -0.2) is 0 Å². The molecule has 4 heteroatoms. The number of para-hydroxylation sites is 1. The van der Waals surface area contributed by atoms with Crippen molar-refractivity contribution in [1.29, 1.82) is 0 Å². The molecule has 18 heavy (non-hydrogen) atoms. The average molecular weight is 282 g/mol. The van der Waals surface area contributed by atoms with E-state index in [0.717, 1.165) is 11.1 Å². The van der Waals surface area contributed by atoms with Crippen molar-refractivity contribution in [3.8, 4) is 5.75 Å². The smallest absolute Gasteiger partial charge is 0.142 e. The van der Waals surface area contributed by atoms with Crippen LogP contribution in [0.3, 0.4) is 0 Å². The van der Waals surface area contributed by atoms with Crippen LogP contribution in [0.15, 0.2) is 36.4 Å². The lowest BCUT2D eigenvalue weighted by Crippen LogP contribution is -2.00. The summed E-state index contributed by atoms with van der Waals surface area (Å²) in [6.45, 7) is 2.28. The van der Waals surface area contributed by atoms with E-state index in [9.17, 15) is 0 Å². The highest BCUT2D eigenvalue weighted by Gasteiger charge is 2.07. The number of aryl methyl sites for hydroxylation is 1. The van der Waals surface area contributed by atoms with Crippen molar-refractivity contribution in [2.24, 2.45) is 0 Å². The first-order valence-electron chi connectivity index (χ1n) is 5.50. The van der Waals surface area contributed by atoms with Crippen LogP contribution in [0, 0.1) is 6.92 Å². The van der Waals surface area contributed by atoms with Crippen LogP contribution in [0.1, 0.15) is 11.1 Å². The molecule has 0 aliphatic carbocycles. The van der Waals surface area contributed by atoms with Gasteiger partial charge in [0.1, 0.15) is 12.4 Å². The predicted molar refractivity (Wildman–Crippen MR) is 76.4 cm³/mol. The summed E-state index contributed by atoms with van der Waals surface area (Å²) in [5, 5.41) is 1.04. The molecule has 0 fully saturated rings. The van der Waals surface area contributed by atoms with Crippen LogP contribution in [0.2, 0.25) is 10.0 Å². The zero-order valence-corrected chi connectivity index (χ0v) is 11.4. The third-order valence-electron chi connectivity index (χ3n) is 2.70. The Morgan fingerprint density at radius 1 is 1.11 bits per heavy atom. The minimum Gasteiger partial charge on any atom is -0.487 e. The summed E-state index contributed by atoms with van der Waals surface area (Å²) in [4.78, 5) is 0. The van der Waals surface area contributed by atoms with E-state index in [4.69, 9.17) is 33.7 Å². The van der Waals surface area contributed by atoms with Crippen LogP contribution >= 0.6 is 23.2 Å². The van der Waals surface area contributed by atoms with E-state index in [2.05, 4.69) is 0 Å². The zero-order valence-electron chi connectivity index (χ0n) is 9.91. The van der Waals surface area contributed by atoms with Gasteiger partial charge in [-0.15, -0.1) is 0 Å². The third kappa shape index (κ3) is 2.71. The van der Waals surface area contributed by atoms with Crippen LogP contribution < -0.4 is 10.5 Å². The minimum atomic E-state index is 0.340. The monoisotopic (exact) mass is 281 g/mol. The highest BCUT2D eigenvalue weighted by Crippen LogP contribution is 2.29. The Morgan fingerprint density at radius 2 is 1.83 bits per heavy atom. The highest BCUT2D eigenvalue weighted by molar-refractivity contribution is 6.42. The first-order chi connectivity index (χ1) is 8.59. The number of halogens is 2. The Balaban J connectivity index is 2.17. The molecular formula is C14H13Cl2NO. The Morgan fingerprint density at radius 3 is 2.61 bits per heavy atom. The SMILES string of the molecule is Cc1cccc(OCc2cccc(Cl)c2Cl)c1N. The summed E-state index contributed by atoms with van der Waals surface area (Å²) in [6, 6.07) is 11.1. The molecule has 0 saturated carbocycles. The lowest BCUT2D eigenvalue weighted by Gasteiger charge is -2.11. The fraction of sp³-hybridized carbons (Fsp3) is 0.143. The van der Waals surface area contributed by atoms with Crippen molar-refractivity contribution in [2.45, 2.75) is 13.5 Å². The van der Waals surface area contributed by atoms with Gasteiger partial charge in [0.2, 0.25) is 0 Å². The fourth-order valence-corrected chi connectivity index (χ4v) is 1.97. The zero-order chi connectivity index (χ0) is 13.1. The molecule has 2 N–H and O–H groups in total. The van der Waals surface area contributed by atoms with Crippen LogP contribution in [-0.4, -0.2) is 0 Å². The number of benzene rings is 2. The van der Waals surface area contributed by atoms with Crippen molar-refractivity contribution in [3.05, 3.63) is 57.6 Å². The van der Waals surface area contributed by atoms with Gasteiger partial charge in [0, 0.05) is 5.56 Å². The molecule has 0 aliphatic heterocycles. The van der Waals surface area contributed by atoms with E-state index in [1.807, 2.05) is 37.3 Å². The van der Waals surface area contributed by atoms with Crippen LogP contribution in [-0.2, 0) is 6.61 Å². The lowest BCUT2D eigenvalue weighted by molar-refractivity contribution is 0.308. The van der Waals surface area contributed by atoms with Gasteiger partial charge in [-0.05, 0) is 24.6 Å². The van der Waals surface area contributed by atoms with Gasteiger partial charge in [0.05, 0.1) is 15.7 Å². The lowest BCUT2D eigenvalue weighted by atomic mass is 10.2. The standard InChI is InChI=1S/C14H13Cl2NO/c1-9-4-2-7-12(14(9)17)18-8-10-5-3-6-11(15)13(10)16/h2-7H,8,17H2,1H3. The average Bonchev–Trinajstić information content (AvgIpc) is 2.36. The van der Waals surface area contributed by atoms with Crippen molar-refractivity contribution in [2.75, 3.05) is 5.73 Å². The van der Waals surface area contributed by atoms with Gasteiger partial charge < -0.3 is 10.5 Å². The van der Waals surface area contributed by atoms with Crippen molar-refractivity contribution < 1.29 is 4.74 Å². The van der Waals surface area contributed by atoms with Gasteiger partial charge in [-0.3, -0.25) is 0 Å². The molecule has 0 aromatic heterocycles. The number of hydrogen-bond donors (Lipinski definition) is 1. The molecule has 0 spiro atoms. The van der Waals surface area contributed by atoms with Crippen molar-refractivity contribution >= 4 is 28.9 Å². The summed E-state index contributed by atoms with van der Waals surface area (Å²) in [5.41, 5.74) is 8.41. The van der Waals surface area contributed by atoms with Crippen LogP contribution in [0.25, 0.3) is 0 Å². The molecule has 0 radical (unpaired) electrons. The maximum Gasteiger partial charge on any atom is 0.142 e. The molecule has 0 unspecified atom stereocenters. The maximum absolute atomic E-state index is 6.09. The number of hydrogen-bond acceptors (Lipinski definition) is 2. The van der Waals surface area contributed by atoms with E-state index in [-0.39, 0.29) is 0 Å². The molecular weight excluding hydrogens is 269 g/mol. The largest absolute Gasteiger partial charge is 0.487 e. The first-order valence-corrected chi connectivity index (χ1v) is 6.26. The number of rotatable bonds is 3. The second-order valence-electron chi connectivity index (χ2n) is 3.99. The molecule has 2 aromatic carbocycles. The Labute approximate surface area is 116 Å².